The van der Waals surface area contributed by atoms with Crippen molar-refractivity contribution in [2.24, 2.45) is 0 Å². The van der Waals surface area contributed by atoms with E-state index >= 15 is 0 Å². The molecule has 0 saturated heterocycles. The molecular formula is C11H13NO2. The molecule has 0 aromatic carbocycles. The van der Waals surface area contributed by atoms with Gasteiger partial charge in [0.05, 0.1) is 13.0 Å². The number of rotatable bonds is 4. The number of carbonyl (C=O) groups excluding carboxylic acids is 1. The van der Waals surface area contributed by atoms with Crippen LogP contribution in [0.2, 0.25) is 0 Å². The van der Waals surface area contributed by atoms with Crippen molar-refractivity contribution in [3.63, 3.8) is 0 Å². The molecule has 1 atom stereocenters. The zero-order valence-corrected chi connectivity index (χ0v) is 8.14. The summed E-state index contributed by atoms with van der Waals surface area (Å²) in [6.45, 7) is 3.61. The third-order valence-corrected chi connectivity index (χ3v) is 1.97. The predicted molar refractivity (Wildman–Crippen MR) is 53.8 cm³/mol. The molecule has 0 bridgehead atoms. The fraction of sp³-hybridized carbons (Fsp3) is 0.273. The first-order valence-corrected chi connectivity index (χ1v) is 4.38. The summed E-state index contributed by atoms with van der Waals surface area (Å²) in [4.78, 5) is 15.4. The lowest BCUT2D eigenvalue weighted by atomic mass is 9.98. The number of aromatic nitrogens is 1. The smallest absolute Gasteiger partial charge is 0.313 e. The number of nitrogens with zero attached hydrogens (tertiary/aromatic N) is 1. The van der Waals surface area contributed by atoms with Gasteiger partial charge in [0.2, 0.25) is 0 Å². The molecule has 3 nitrogen and oxygen atoms in total. The van der Waals surface area contributed by atoms with Crippen LogP contribution in [0, 0.1) is 0 Å². The van der Waals surface area contributed by atoms with E-state index in [9.17, 15) is 4.79 Å². The minimum atomic E-state index is -0.286. The fourth-order valence-corrected chi connectivity index (χ4v) is 1.26. The minimum absolute atomic E-state index is 0.252. The number of hydrogen-bond donors (Lipinski definition) is 0. The standard InChI is InChI=1S/C11H13NO2/c1-3-5-10(11(13)14-2)9-6-4-7-12-8-9/h3-4,6-8,10H,1,5H2,2H3. The maximum Gasteiger partial charge on any atom is 0.313 e. The van der Waals surface area contributed by atoms with E-state index in [1.54, 1.807) is 24.5 Å². The second-order valence-corrected chi connectivity index (χ2v) is 2.89. The summed E-state index contributed by atoms with van der Waals surface area (Å²) in [5.74, 6) is -0.538. The van der Waals surface area contributed by atoms with Crippen molar-refractivity contribution >= 4 is 5.97 Å². The summed E-state index contributed by atoms with van der Waals surface area (Å²) in [5.41, 5.74) is 0.860. The number of ether oxygens (including phenoxy) is 1. The van der Waals surface area contributed by atoms with Gasteiger partial charge >= 0.3 is 5.97 Å². The zero-order chi connectivity index (χ0) is 10.4. The molecule has 0 aliphatic rings. The van der Waals surface area contributed by atoms with Gasteiger partial charge in [-0.05, 0) is 18.1 Å². The lowest BCUT2D eigenvalue weighted by Gasteiger charge is -2.11. The highest BCUT2D eigenvalue weighted by molar-refractivity contribution is 5.78. The average molecular weight is 191 g/mol. The summed E-state index contributed by atoms with van der Waals surface area (Å²) in [6.07, 6.45) is 5.61. The van der Waals surface area contributed by atoms with Gasteiger partial charge in [-0.15, -0.1) is 6.58 Å². The van der Waals surface area contributed by atoms with Gasteiger partial charge in [-0.3, -0.25) is 9.78 Å². The predicted octanol–water partition coefficient (Wildman–Crippen LogP) is 1.91. The van der Waals surface area contributed by atoms with Gasteiger partial charge in [0.15, 0.2) is 0 Å². The molecule has 0 spiro atoms. The Morgan fingerprint density at radius 1 is 1.79 bits per heavy atom. The van der Waals surface area contributed by atoms with Gasteiger partial charge in [0.1, 0.15) is 0 Å². The van der Waals surface area contributed by atoms with Crippen LogP contribution in [0.4, 0.5) is 0 Å². The van der Waals surface area contributed by atoms with Crippen molar-refractivity contribution in [1.29, 1.82) is 0 Å². The highest BCUT2D eigenvalue weighted by atomic mass is 16.5. The van der Waals surface area contributed by atoms with E-state index < -0.39 is 0 Å². The third kappa shape index (κ3) is 2.42. The van der Waals surface area contributed by atoms with Crippen LogP contribution in [0.1, 0.15) is 17.9 Å². The van der Waals surface area contributed by atoms with Crippen molar-refractivity contribution < 1.29 is 9.53 Å². The summed E-state index contributed by atoms with van der Waals surface area (Å²) < 4.78 is 4.70. The van der Waals surface area contributed by atoms with Crippen LogP contribution in [0.3, 0.4) is 0 Å². The highest BCUT2D eigenvalue weighted by Crippen LogP contribution is 2.20. The van der Waals surface area contributed by atoms with Crippen LogP contribution >= 0.6 is 0 Å². The summed E-state index contributed by atoms with van der Waals surface area (Å²) in [6, 6.07) is 3.66. The Balaban J connectivity index is 2.88. The van der Waals surface area contributed by atoms with Crippen LogP contribution in [0.25, 0.3) is 0 Å². The van der Waals surface area contributed by atoms with Crippen molar-refractivity contribution in [1.82, 2.24) is 4.98 Å². The second-order valence-electron chi connectivity index (χ2n) is 2.89. The van der Waals surface area contributed by atoms with Crippen LogP contribution in [0.15, 0.2) is 37.2 Å². The maximum absolute atomic E-state index is 11.4. The van der Waals surface area contributed by atoms with Gasteiger partial charge in [-0.25, -0.2) is 0 Å². The van der Waals surface area contributed by atoms with Crippen LogP contribution in [-0.4, -0.2) is 18.1 Å². The number of allylic oxidation sites excluding steroid dienone is 1. The van der Waals surface area contributed by atoms with E-state index in [4.69, 9.17) is 4.74 Å². The largest absolute Gasteiger partial charge is 0.469 e. The quantitative estimate of drug-likeness (QED) is 0.539. The molecule has 1 unspecified atom stereocenters. The van der Waals surface area contributed by atoms with E-state index in [1.807, 2.05) is 6.07 Å². The molecule has 1 rings (SSSR count). The zero-order valence-electron chi connectivity index (χ0n) is 8.14. The monoisotopic (exact) mass is 191 g/mol. The van der Waals surface area contributed by atoms with Gasteiger partial charge in [-0.2, -0.15) is 0 Å². The molecule has 1 aromatic heterocycles. The first-order valence-electron chi connectivity index (χ1n) is 4.38. The van der Waals surface area contributed by atoms with Gasteiger partial charge < -0.3 is 4.74 Å². The molecule has 0 saturated carbocycles. The molecular weight excluding hydrogens is 178 g/mol. The Morgan fingerprint density at radius 3 is 3.07 bits per heavy atom. The SMILES string of the molecule is C=CCC(C(=O)OC)c1cccnc1. The Hall–Kier alpha value is -1.64. The van der Waals surface area contributed by atoms with Gasteiger partial charge in [-0.1, -0.05) is 12.1 Å². The molecule has 14 heavy (non-hydrogen) atoms. The Kier molecular flexibility index (Phi) is 3.85. The summed E-state index contributed by atoms with van der Waals surface area (Å²) >= 11 is 0. The molecule has 0 aliphatic heterocycles. The van der Waals surface area contributed by atoms with Crippen molar-refractivity contribution in [3.8, 4) is 0 Å². The van der Waals surface area contributed by atoms with E-state index in [0.29, 0.717) is 6.42 Å². The maximum atomic E-state index is 11.4. The molecule has 1 heterocycles. The van der Waals surface area contributed by atoms with Crippen LogP contribution < -0.4 is 0 Å². The van der Waals surface area contributed by atoms with Crippen molar-refractivity contribution in [3.05, 3.63) is 42.7 Å². The molecule has 0 radical (unpaired) electrons. The molecule has 74 valence electrons. The number of methoxy groups -OCH3 is 1. The van der Waals surface area contributed by atoms with Gasteiger partial charge in [0, 0.05) is 12.4 Å². The minimum Gasteiger partial charge on any atom is -0.469 e. The van der Waals surface area contributed by atoms with E-state index in [1.165, 1.54) is 7.11 Å². The van der Waals surface area contributed by atoms with Crippen LogP contribution in [-0.2, 0) is 9.53 Å². The van der Waals surface area contributed by atoms with E-state index in [0.717, 1.165) is 5.56 Å². The fourth-order valence-electron chi connectivity index (χ4n) is 1.26. The molecule has 0 amide bonds. The number of esters is 1. The Morgan fingerprint density at radius 2 is 2.57 bits per heavy atom. The highest BCUT2D eigenvalue weighted by Gasteiger charge is 2.19. The van der Waals surface area contributed by atoms with Gasteiger partial charge in [0.25, 0.3) is 0 Å². The topological polar surface area (TPSA) is 39.2 Å². The number of pyridine rings is 1. The van der Waals surface area contributed by atoms with E-state index in [-0.39, 0.29) is 11.9 Å². The first kappa shape index (κ1) is 10.4. The molecule has 0 N–H and O–H groups in total. The van der Waals surface area contributed by atoms with Crippen molar-refractivity contribution in [2.75, 3.05) is 7.11 Å². The second kappa shape index (κ2) is 5.17. The lowest BCUT2D eigenvalue weighted by Crippen LogP contribution is -2.13. The molecule has 3 heteroatoms. The lowest BCUT2D eigenvalue weighted by molar-refractivity contribution is -0.142. The first-order chi connectivity index (χ1) is 6.79. The van der Waals surface area contributed by atoms with Crippen molar-refractivity contribution in [2.45, 2.75) is 12.3 Å². The normalized spacial score (nSPS) is 11.8. The summed E-state index contributed by atoms with van der Waals surface area (Å²) in [5, 5.41) is 0. The van der Waals surface area contributed by atoms with Crippen LogP contribution in [0.5, 0.6) is 0 Å². The Labute approximate surface area is 83.4 Å². The average Bonchev–Trinajstić information content (AvgIpc) is 2.26. The summed E-state index contributed by atoms with van der Waals surface area (Å²) in [7, 11) is 1.38. The molecule has 1 aromatic rings. The Bertz CT molecular complexity index is 308. The number of carbonyl (C=O) groups is 1. The molecule has 0 aliphatic carbocycles. The third-order valence-electron chi connectivity index (χ3n) is 1.97. The number of hydrogen-bond acceptors (Lipinski definition) is 3. The van der Waals surface area contributed by atoms with E-state index in [2.05, 4.69) is 11.6 Å². The molecule has 0 fully saturated rings.